The van der Waals surface area contributed by atoms with Gasteiger partial charge in [0, 0.05) is 6.54 Å². The number of rotatable bonds is 10. The molecule has 0 aliphatic rings. The van der Waals surface area contributed by atoms with Crippen molar-refractivity contribution >= 4 is 17.7 Å². The number of hydrogen-bond donors (Lipinski definition) is 3. The maximum Gasteiger partial charge on any atom is 0.258 e. The maximum absolute atomic E-state index is 12.4. The highest BCUT2D eigenvalue weighted by Gasteiger charge is 2.24. The van der Waals surface area contributed by atoms with Gasteiger partial charge in [-0.15, -0.1) is 0 Å². The molecule has 0 aromatic heterocycles. The zero-order valence-electron chi connectivity index (χ0n) is 16.7. The second-order valence-corrected chi connectivity index (χ2v) is 6.87. The van der Waals surface area contributed by atoms with Gasteiger partial charge in [0.2, 0.25) is 11.8 Å². The molecule has 0 heterocycles. The topological polar surface area (TPSA) is 96.5 Å². The second kappa shape index (κ2) is 11.5. The van der Waals surface area contributed by atoms with Crippen LogP contribution in [0, 0.1) is 5.92 Å². The van der Waals surface area contributed by atoms with Crippen molar-refractivity contribution in [2.45, 2.75) is 26.4 Å². The molecule has 0 saturated carbocycles. The molecule has 7 heteroatoms. The van der Waals surface area contributed by atoms with Gasteiger partial charge in [0.25, 0.3) is 5.91 Å². The highest BCUT2D eigenvalue weighted by Crippen LogP contribution is 2.08. The molecular formula is C22H27N3O4. The summed E-state index contributed by atoms with van der Waals surface area (Å²) in [6.45, 7) is 3.66. The van der Waals surface area contributed by atoms with Crippen molar-refractivity contribution in [3.05, 3.63) is 66.2 Å². The van der Waals surface area contributed by atoms with Crippen molar-refractivity contribution in [2.24, 2.45) is 5.92 Å². The predicted molar refractivity (Wildman–Crippen MR) is 110 cm³/mol. The summed E-state index contributed by atoms with van der Waals surface area (Å²) in [6.07, 6.45) is 0. The fraction of sp³-hybridized carbons (Fsp3) is 0.318. The van der Waals surface area contributed by atoms with Crippen LogP contribution in [-0.2, 0) is 20.9 Å². The smallest absolute Gasteiger partial charge is 0.258 e. The quantitative estimate of drug-likeness (QED) is 0.568. The van der Waals surface area contributed by atoms with Crippen molar-refractivity contribution in [2.75, 3.05) is 13.2 Å². The number of hydrogen-bond acceptors (Lipinski definition) is 4. The third-order valence-electron chi connectivity index (χ3n) is 4.13. The normalized spacial score (nSPS) is 11.4. The van der Waals surface area contributed by atoms with Gasteiger partial charge in [-0.2, -0.15) is 0 Å². The van der Waals surface area contributed by atoms with Gasteiger partial charge in [0.05, 0.1) is 6.54 Å². The van der Waals surface area contributed by atoms with Crippen molar-refractivity contribution in [1.82, 2.24) is 16.0 Å². The molecule has 0 saturated heterocycles. The number of amides is 3. The zero-order chi connectivity index (χ0) is 21.1. The standard InChI is InChI=1S/C22H27N3O4/c1-16(2)21(25-20(27)15-29-18-11-7-4-8-12-18)22(28)24-14-19(26)23-13-17-9-5-3-6-10-17/h3-12,16,21H,13-15H2,1-2H3,(H,23,26)(H,24,28)(H,25,27). The minimum atomic E-state index is -0.760. The minimum absolute atomic E-state index is 0.150. The van der Waals surface area contributed by atoms with Crippen LogP contribution in [-0.4, -0.2) is 36.9 Å². The van der Waals surface area contributed by atoms with Crippen LogP contribution < -0.4 is 20.7 Å². The summed E-state index contributed by atoms with van der Waals surface area (Å²) in [5, 5.41) is 7.97. The molecule has 3 N–H and O–H groups in total. The largest absolute Gasteiger partial charge is 0.484 e. The fourth-order valence-corrected chi connectivity index (χ4v) is 2.55. The van der Waals surface area contributed by atoms with Gasteiger partial charge in [0.1, 0.15) is 11.8 Å². The first-order valence-corrected chi connectivity index (χ1v) is 9.51. The molecule has 2 aromatic carbocycles. The van der Waals surface area contributed by atoms with Gasteiger partial charge in [-0.05, 0) is 23.6 Å². The molecule has 7 nitrogen and oxygen atoms in total. The molecule has 2 rings (SSSR count). The number of para-hydroxylation sites is 1. The molecule has 0 aliphatic heterocycles. The monoisotopic (exact) mass is 397 g/mol. The van der Waals surface area contributed by atoms with E-state index in [1.165, 1.54) is 0 Å². The Kier molecular flexibility index (Phi) is 8.69. The van der Waals surface area contributed by atoms with Crippen molar-refractivity contribution in [3.63, 3.8) is 0 Å². The van der Waals surface area contributed by atoms with E-state index in [0.29, 0.717) is 12.3 Å². The summed E-state index contributed by atoms with van der Waals surface area (Å²) >= 11 is 0. The SMILES string of the molecule is CC(C)C(NC(=O)COc1ccccc1)C(=O)NCC(=O)NCc1ccccc1. The number of ether oxygens (including phenoxy) is 1. The predicted octanol–water partition coefficient (Wildman–Crippen LogP) is 1.64. The van der Waals surface area contributed by atoms with E-state index in [4.69, 9.17) is 4.74 Å². The van der Waals surface area contributed by atoms with Crippen LogP contribution in [0.25, 0.3) is 0 Å². The van der Waals surface area contributed by atoms with Gasteiger partial charge in [-0.3, -0.25) is 14.4 Å². The van der Waals surface area contributed by atoms with Gasteiger partial charge in [0.15, 0.2) is 6.61 Å². The Bertz CT molecular complexity index is 794. The lowest BCUT2D eigenvalue weighted by atomic mass is 10.0. The van der Waals surface area contributed by atoms with E-state index in [-0.39, 0.29) is 25.0 Å². The average Bonchev–Trinajstić information content (AvgIpc) is 2.74. The summed E-state index contributed by atoms with van der Waals surface area (Å²) in [5.74, 6) is -0.700. The lowest BCUT2D eigenvalue weighted by Gasteiger charge is -2.21. The average molecular weight is 397 g/mol. The Hall–Kier alpha value is -3.35. The number of nitrogens with one attached hydrogen (secondary N) is 3. The van der Waals surface area contributed by atoms with Gasteiger partial charge in [-0.25, -0.2) is 0 Å². The number of carbonyl (C=O) groups is 3. The van der Waals surface area contributed by atoms with E-state index in [2.05, 4.69) is 16.0 Å². The Labute approximate surface area is 170 Å². The Morgan fingerprint density at radius 1 is 0.862 bits per heavy atom. The van der Waals surface area contributed by atoms with Crippen LogP contribution >= 0.6 is 0 Å². The summed E-state index contributed by atoms with van der Waals surface area (Å²) in [4.78, 5) is 36.5. The number of benzene rings is 2. The maximum atomic E-state index is 12.4. The Balaban J connectivity index is 1.76. The third-order valence-corrected chi connectivity index (χ3v) is 4.13. The first kappa shape index (κ1) is 21.9. The van der Waals surface area contributed by atoms with Crippen LogP contribution in [0.5, 0.6) is 5.75 Å². The molecule has 2 aromatic rings. The van der Waals surface area contributed by atoms with Gasteiger partial charge in [-0.1, -0.05) is 62.4 Å². The molecule has 0 aliphatic carbocycles. The molecule has 29 heavy (non-hydrogen) atoms. The van der Waals surface area contributed by atoms with E-state index >= 15 is 0 Å². The summed E-state index contributed by atoms with van der Waals surface area (Å²) in [7, 11) is 0. The first-order chi connectivity index (χ1) is 14.0. The van der Waals surface area contributed by atoms with Crippen LogP contribution in [0.15, 0.2) is 60.7 Å². The molecule has 0 radical (unpaired) electrons. The van der Waals surface area contributed by atoms with Crippen LogP contribution in [0.4, 0.5) is 0 Å². The van der Waals surface area contributed by atoms with Crippen molar-refractivity contribution in [3.8, 4) is 5.75 Å². The summed E-state index contributed by atoms with van der Waals surface area (Å²) in [6, 6.07) is 17.7. The van der Waals surface area contributed by atoms with Gasteiger partial charge < -0.3 is 20.7 Å². The Morgan fingerprint density at radius 2 is 1.48 bits per heavy atom. The van der Waals surface area contributed by atoms with Gasteiger partial charge >= 0.3 is 0 Å². The molecule has 154 valence electrons. The van der Waals surface area contributed by atoms with Crippen molar-refractivity contribution < 1.29 is 19.1 Å². The minimum Gasteiger partial charge on any atom is -0.484 e. The van der Waals surface area contributed by atoms with E-state index in [0.717, 1.165) is 5.56 Å². The van der Waals surface area contributed by atoms with Crippen LogP contribution in [0.2, 0.25) is 0 Å². The molecular weight excluding hydrogens is 370 g/mol. The molecule has 0 spiro atoms. The van der Waals surface area contributed by atoms with Crippen LogP contribution in [0.1, 0.15) is 19.4 Å². The lowest BCUT2D eigenvalue weighted by Crippen LogP contribution is -2.52. The second-order valence-electron chi connectivity index (χ2n) is 6.87. The lowest BCUT2D eigenvalue weighted by molar-refractivity contribution is -0.132. The van der Waals surface area contributed by atoms with E-state index < -0.39 is 17.9 Å². The highest BCUT2D eigenvalue weighted by atomic mass is 16.5. The third kappa shape index (κ3) is 8.04. The van der Waals surface area contributed by atoms with Crippen molar-refractivity contribution in [1.29, 1.82) is 0 Å². The molecule has 1 atom stereocenters. The molecule has 0 fully saturated rings. The summed E-state index contributed by atoms with van der Waals surface area (Å²) in [5.41, 5.74) is 0.970. The molecule has 0 bridgehead atoms. The molecule has 3 amide bonds. The zero-order valence-corrected chi connectivity index (χ0v) is 16.7. The Morgan fingerprint density at radius 3 is 2.10 bits per heavy atom. The summed E-state index contributed by atoms with van der Waals surface area (Å²) < 4.78 is 5.39. The highest BCUT2D eigenvalue weighted by molar-refractivity contribution is 5.91. The molecule has 1 unspecified atom stereocenters. The fourth-order valence-electron chi connectivity index (χ4n) is 2.55. The first-order valence-electron chi connectivity index (χ1n) is 9.51. The van der Waals surface area contributed by atoms with E-state index in [1.807, 2.05) is 50.2 Å². The van der Waals surface area contributed by atoms with Crippen LogP contribution in [0.3, 0.4) is 0 Å². The van der Waals surface area contributed by atoms with E-state index in [1.54, 1.807) is 24.3 Å². The van der Waals surface area contributed by atoms with E-state index in [9.17, 15) is 14.4 Å². The number of carbonyl (C=O) groups excluding carboxylic acids is 3.